The third-order valence-corrected chi connectivity index (χ3v) is 4.55. The number of rotatable bonds is 3. The number of methoxy groups -OCH3 is 1. The van der Waals surface area contributed by atoms with Gasteiger partial charge in [0.1, 0.15) is 11.2 Å². The molecule has 2 aromatic rings. The molecule has 2 aliphatic rings. The minimum Gasteiger partial charge on any atom is -0.468 e. The molecule has 0 amide bonds. The predicted octanol–water partition coefficient (Wildman–Crippen LogP) is 3.23. The maximum Gasteiger partial charge on any atom is 0.319 e. The summed E-state index contributed by atoms with van der Waals surface area (Å²) in [6.45, 7) is 0. The number of esters is 1. The predicted molar refractivity (Wildman–Crippen MR) is 75.9 cm³/mol. The van der Waals surface area contributed by atoms with Gasteiger partial charge in [0, 0.05) is 11.1 Å². The summed E-state index contributed by atoms with van der Waals surface area (Å²) < 4.78 is 7.20. The Balaban J connectivity index is 1.95. The van der Waals surface area contributed by atoms with Gasteiger partial charge in [0.2, 0.25) is 0 Å². The van der Waals surface area contributed by atoms with E-state index in [1.165, 1.54) is 7.11 Å². The second-order valence-corrected chi connectivity index (χ2v) is 6.18. The fourth-order valence-electron chi connectivity index (χ4n) is 2.95. The highest BCUT2D eigenvalue weighted by molar-refractivity contribution is 6.31. The van der Waals surface area contributed by atoms with Crippen LogP contribution in [-0.2, 0) is 14.9 Å². The van der Waals surface area contributed by atoms with Gasteiger partial charge in [-0.3, -0.25) is 4.79 Å². The lowest BCUT2D eigenvalue weighted by atomic mass is 10.1. The van der Waals surface area contributed by atoms with Gasteiger partial charge in [-0.1, -0.05) is 11.6 Å². The van der Waals surface area contributed by atoms with E-state index in [9.17, 15) is 4.79 Å². The summed E-state index contributed by atoms with van der Waals surface area (Å²) in [6.07, 6.45) is 3.93. The van der Waals surface area contributed by atoms with Gasteiger partial charge in [-0.25, -0.2) is 4.98 Å². The van der Waals surface area contributed by atoms with Gasteiger partial charge >= 0.3 is 5.97 Å². The molecular weight excluding hydrogens is 276 g/mol. The Kier molecular flexibility index (Phi) is 2.43. The first-order chi connectivity index (χ1) is 9.65. The lowest BCUT2D eigenvalue weighted by molar-refractivity contribution is -0.144. The van der Waals surface area contributed by atoms with Crippen LogP contribution in [0, 0.1) is 0 Å². The van der Waals surface area contributed by atoms with Crippen molar-refractivity contribution in [2.75, 3.05) is 7.11 Å². The average molecular weight is 291 g/mol. The van der Waals surface area contributed by atoms with Crippen molar-refractivity contribution in [3.8, 4) is 0 Å². The highest BCUT2D eigenvalue weighted by atomic mass is 35.5. The van der Waals surface area contributed by atoms with Crippen molar-refractivity contribution in [1.29, 1.82) is 0 Å². The summed E-state index contributed by atoms with van der Waals surface area (Å²) in [4.78, 5) is 16.9. The first-order valence-corrected chi connectivity index (χ1v) is 7.30. The van der Waals surface area contributed by atoms with Crippen molar-refractivity contribution >= 4 is 28.6 Å². The number of aromatic nitrogens is 2. The van der Waals surface area contributed by atoms with Gasteiger partial charge in [0.15, 0.2) is 0 Å². The van der Waals surface area contributed by atoms with Crippen LogP contribution >= 0.6 is 11.6 Å². The van der Waals surface area contributed by atoms with Crippen LogP contribution in [-0.4, -0.2) is 22.6 Å². The number of hydrogen-bond acceptors (Lipinski definition) is 3. The maximum atomic E-state index is 12.1. The third-order valence-electron chi connectivity index (χ3n) is 4.32. The highest BCUT2D eigenvalue weighted by Crippen LogP contribution is 2.52. The summed E-state index contributed by atoms with van der Waals surface area (Å²) in [5, 5.41) is 0.703. The molecule has 0 unspecified atom stereocenters. The molecule has 0 bridgehead atoms. The van der Waals surface area contributed by atoms with Gasteiger partial charge in [-0.2, -0.15) is 0 Å². The number of hydrogen-bond donors (Lipinski definition) is 0. The van der Waals surface area contributed by atoms with Crippen molar-refractivity contribution < 1.29 is 9.53 Å². The Morgan fingerprint density at radius 3 is 2.80 bits per heavy atom. The number of fused-ring (bicyclic) bond motifs is 1. The molecule has 0 spiro atoms. The van der Waals surface area contributed by atoms with Crippen LogP contribution in [0.3, 0.4) is 0 Å². The summed E-state index contributed by atoms with van der Waals surface area (Å²) in [6, 6.07) is 6.16. The molecule has 4 rings (SSSR count). The number of ether oxygens (including phenoxy) is 1. The molecule has 0 aliphatic heterocycles. The fourth-order valence-corrected chi connectivity index (χ4v) is 3.11. The Bertz CT molecular complexity index is 714. The van der Waals surface area contributed by atoms with E-state index < -0.39 is 5.41 Å². The Morgan fingerprint density at radius 1 is 1.45 bits per heavy atom. The molecule has 2 aliphatic carbocycles. The lowest BCUT2D eigenvalue weighted by Gasteiger charge is -2.15. The normalized spacial score (nSPS) is 20.1. The molecule has 1 heterocycles. The van der Waals surface area contributed by atoms with Crippen molar-refractivity contribution in [1.82, 2.24) is 9.55 Å². The lowest BCUT2D eigenvalue weighted by Crippen LogP contribution is -2.26. The second-order valence-electron chi connectivity index (χ2n) is 5.74. The van der Waals surface area contributed by atoms with Crippen LogP contribution < -0.4 is 0 Å². The maximum absolute atomic E-state index is 12.1. The molecule has 104 valence electrons. The van der Waals surface area contributed by atoms with Gasteiger partial charge in [0.25, 0.3) is 0 Å². The Hall–Kier alpha value is -1.55. The monoisotopic (exact) mass is 290 g/mol. The largest absolute Gasteiger partial charge is 0.468 e. The quantitative estimate of drug-likeness (QED) is 0.815. The second kappa shape index (κ2) is 3.98. The summed E-state index contributed by atoms with van der Waals surface area (Å²) in [5.41, 5.74) is 1.42. The average Bonchev–Trinajstić information content (AvgIpc) is 3.35. The van der Waals surface area contributed by atoms with Crippen molar-refractivity contribution in [2.24, 2.45) is 0 Å². The number of carbonyl (C=O) groups is 1. The molecule has 2 saturated carbocycles. The van der Waals surface area contributed by atoms with E-state index in [-0.39, 0.29) is 5.97 Å². The zero-order valence-corrected chi connectivity index (χ0v) is 12.0. The SMILES string of the molecule is COC(=O)C1(c2nc3ccc(Cl)cc3n2C2CC2)CC1. The van der Waals surface area contributed by atoms with Crippen LogP contribution in [0.5, 0.6) is 0 Å². The van der Waals surface area contributed by atoms with Crippen LogP contribution in [0.4, 0.5) is 0 Å². The van der Waals surface area contributed by atoms with Gasteiger partial charge < -0.3 is 9.30 Å². The van der Waals surface area contributed by atoms with E-state index in [0.717, 1.165) is 42.5 Å². The third kappa shape index (κ3) is 1.61. The number of carbonyl (C=O) groups excluding carboxylic acids is 1. The van der Waals surface area contributed by atoms with E-state index in [4.69, 9.17) is 21.3 Å². The Morgan fingerprint density at radius 2 is 2.20 bits per heavy atom. The molecule has 0 N–H and O–H groups in total. The topological polar surface area (TPSA) is 44.1 Å². The van der Waals surface area contributed by atoms with Crippen LogP contribution in [0.15, 0.2) is 18.2 Å². The summed E-state index contributed by atoms with van der Waals surface area (Å²) >= 11 is 6.11. The van der Waals surface area contributed by atoms with E-state index in [1.54, 1.807) is 0 Å². The molecule has 0 atom stereocenters. The molecule has 0 saturated heterocycles. The molecule has 0 radical (unpaired) electrons. The minimum absolute atomic E-state index is 0.166. The van der Waals surface area contributed by atoms with Crippen LogP contribution in [0.2, 0.25) is 5.02 Å². The Labute approximate surface area is 121 Å². The van der Waals surface area contributed by atoms with E-state index in [1.807, 2.05) is 18.2 Å². The first-order valence-electron chi connectivity index (χ1n) is 6.92. The number of halogens is 1. The molecule has 4 nitrogen and oxygen atoms in total. The smallest absolute Gasteiger partial charge is 0.319 e. The zero-order chi connectivity index (χ0) is 13.9. The molecule has 5 heteroatoms. The molecular formula is C15H15ClN2O2. The fraction of sp³-hybridized carbons (Fsp3) is 0.467. The summed E-state index contributed by atoms with van der Waals surface area (Å²) in [7, 11) is 1.45. The van der Waals surface area contributed by atoms with E-state index >= 15 is 0 Å². The van der Waals surface area contributed by atoms with Crippen LogP contribution in [0.1, 0.15) is 37.5 Å². The van der Waals surface area contributed by atoms with Gasteiger partial charge in [-0.05, 0) is 43.9 Å². The minimum atomic E-state index is -0.525. The van der Waals surface area contributed by atoms with E-state index in [2.05, 4.69) is 4.57 Å². The van der Waals surface area contributed by atoms with Crippen molar-refractivity contribution in [2.45, 2.75) is 37.1 Å². The standard InChI is InChI=1S/C15H15ClN2O2/c1-20-14(19)15(6-7-15)13-17-11-5-2-9(16)8-12(11)18(13)10-3-4-10/h2,5,8,10H,3-4,6-7H2,1H3. The summed E-state index contributed by atoms with van der Waals surface area (Å²) in [5.74, 6) is 0.699. The number of benzene rings is 1. The van der Waals surface area contributed by atoms with Crippen LogP contribution in [0.25, 0.3) is 11.0 Å². The molecule has 2 fully saturated rings. The number of nitrogens with zero attached hydrogens (tertiary/aromatic N) is 2. The van der Waals surface area contributed by atoms with Gasteiger partial charge in [-0.15, -0.1) is 0 Å². The molecule has 20 heavy (non-hydrogen) atoms. The first kappa shape index (κ1) is 12.2. The van der Waals surface area contributed by atoms with Gasteiger partial charge in [0.05, 0.1) is 18.1 Å². The highest BCUT2D eigenvalue weighted by Gasteiger charge is 2.57. The zero-order valence-electron chi connectivity index (χ0n) is 11.2. The molecule has 1 aromatic heterocycles. The van der Waals surface area contributed by atoms with Crippen molar-refractivity contribution in [3.63, 3.8) is 0 Å². The van der Waals surface area contributed by atoms with E-state index in [0.29, 0.717) is 11.1 Å². The van der Waals surface area contributed by atoms with Crippen molar-refractivity contribution in [3.05, 3.63) is 29.0 Å². The number of imidazole rings is 1. The molecule has 1 aromatic carbocycles.